The van der Waals surface area contributed by atoms with Crippen molar-refractivity contribution in [3.05, 3.63) is 39.9 Å². The average Bonchev–Trinajstić information content (AvgIpc) is 3.09. The van der Waals surface area contributed by atoms with Gasteiger partial charge in [-0.3, -0.25) is 0 Å². The van der Waals surface area contributed by atoms with Gasteiger partial charge in [-0.05, 0) is 32.4 Å². The molecule has 0 aliphatic heterocycles. The summed E-state index contributed by atoms with van der Waals surface area (Å²) in [6, 6.07) is 1.79. The van der Waals surface area contributed by atoms with E-state index in [9.17, 15) is 4.79 Å². The molecule has 0 N–H and O–H groups in total. The van der Waals surface area contributed by atoms with Crippen molar-refractivity contribution < 1.29 is 13.9 Å². The van der Waals surface area contributed by atoms with Crippen LogP contribution < -0.4 is 0 Å². The molecule has 120 valence electrons. The first-order valence-electron chi connectivity index (χ1n) is 7.03. The first-order chi connectivity index (χ1) is 11.0. The van der Waals surface area contributed by atoms with E-state index in [4.69, 9.17) is 9.15 Å². The van der Waals surface area contributed by atoms with Crippen LogP contribution in [0.15, 0.2) is 21.8 Å². The summed E-state index contributed by atoms with van der Waals surface area (Å²) in [5, 5.41) is 2.04. The van der Waals surface area contributed by atoms with E-state index in [1.807, 2.05) is 6.92 Å². The Balaban J connectivity index is 1.94. The van der Waals surface area contributed by atoms with Crippen molar-refractivity contribution in [1.29, 1.82) is 0 Å². The van der Waals surface area contributed by atoms with Crippen LogP contribution >= 0.6 is 23.1 Å². The summed E-state index contributed by atoms with van der Waals surface area (Å²) in [6.45, 7) is 6.08. The highest BCUT2D eigenvalue weighted by Crippen LogP contribution is 2.36. The summed E-state index contributed by atoms with van der Waals surface area (Å²) in [7, 11) is 1.34. The largest absolute Gasteiger partial charge is 0.463 e. The zero-order valence-electron chi connectivity index (χ0n) is 13.3. The Hall–Kier alpha value is -1.86. The van der Waals surface area contributed by atoms with E-state index < -0.39 is 5.97 Å². The Morgan fingerprint density at radius 1 is 1.35 bits per heavy atom. The number of thioether (sulfide) groups is 1. The lowest BCUT2D eigenvalue weighted by atomic mass is 10.2. The highest BCUT2D eigenvalue weighted by atomic mass is 32.2. The zero-order chi connectivity index (χ0) is 16.6. The van der Waals surface area contributed by atoms with Gasteiger partial charge in [-0.1, -0.05) is 0 Å². The number of carbonyl (C=O) groups excluding carboxylic acids is 1. The quantitative estimate of drug-likeness (QED) is 0.398. The minimum absolute atomic E-state index is 0.250. The number of furan rings is 1. The lowest BCUT2D eigenvalue weighted by molar-refractivity contribution is 0.0564. The summed E-state index contributed by atoms with van der Waals surface area (Å²) < 4.78 is 9.96. The fourth-order valence-electron chi connectivity index (χ4n) is 2.29. The number of carbonyl (C=O) groups is 1. The lowest BCUT2D eigenvalue weighted by Gasteiger charge is -2.05. The van der Waals surface area contributed by atoms with Gasteiger partial charge in [0.05, 0.1) is 13.4 Å². The van der Waals surface area contributed by atoms with E-state index >= 15 is 0 Å². The zero-order valence-corrected chi connectivity index (χ0v) is 14.9. The molecule has 0 saturated carbocycles. The fourth-order valence-corrected chi connectivity index (χ4v) is 4.54. The summed E-state index contributed by atoms with van der Waals surface area (Å²) in [5.41, 5.74) is 2.02. The Morgan fingerprint density at radius 3 is 2.87 bits per heavy atom. The Morgan fingerprint density at radius 2 is 2.13 bits per heavy atom. The monoisotopic (exact) mass is 348 g/mol. The summed E-state index contributed by atoms with van der Waals surface area (Å²) in [5.74, 6) is 1.12. The summed E-state index contributed by atoms with van der Waals surface area (Å²) in [6.07, 6.45) is 1.50. The molecule has 7 heteroatoms. The van der Waals surface area contributed by atoms with Crippen LogP contribution in [-0.4, -0.2) is 23.0 Å². The molecule has 0 amide bonds. The van der Waals surface area contributed by atoms with Crippen molar-refractivity contribution in [3.8, 4) is 0 Å². The van der Waals surface area contributed by atoms with E-state index in [2.05, 4.69) is 23.8 Å². The predicted octanol–water partition coefficient (Wildman–Crippen LogP) is 4.29. The number of aromatic nitrogens is 2. The van der Waals surface area contributed by atoms with Gasteiger partial charge < -0.3 is 9.15 Å². The molecule has 0 atom stereocenters. The number of aryl methyl sites for hydroxylation is 3. The number of ether oxygens (including phenoxy) is 1. The van der Waals surface area contributed by atoms with E-state index in [0.717, 1.165) is 26.6 Å². The normalized spacial score (nSPS) is 11.1. The second kappa shape index (κ2) is 6.33. The summed E-state index contributed by atoms with van der Waals surface area (Å²) >= 11 is 3.26. The van der Waals surface area contributed by atoms with Crippen LogP contribution in [0.4, 0.5) is 0 Å². The first kappa shape index (κ1) is 16.0. The highest BCUT2D eigenvalue weighted by molar-refractivity contribution is 7.98. The molecule has 0 radical (unpaired) electrons. The van der Waals surface area contributed by atoms with Crippen molar-refractivity contribution >= 4 is 39.3 Å². The molecule has 23 heavy (non-hydrogen) atoms. The fraction of sp³-hybridized carbons (Fsp3) is 0.312. The molecule has 3 aromatic heterocycles. The van der Waals surface area contributed by atoms with Crippen molar-refractivity contribution in [3.63, 3.8) is 0 Å². The maximum Gasteiger partial charge on any atom is 0.374 e. The minimum atomic E-state index is -0.461. The molecule has 5 nitrogen and oxygen atoms in total. The SMILES string of the molecule is COC(=O)c1occc1CSc1nc(C)nc2sc(C)c(C)c12. The van der Waals surface area contributed by atoms with Crippen LogP contribution in [0.5, 0.6) is 0 Å². The molecule has 0 bridgehead atoms. The lowest BCUT2D eigenvalue weighted by Crippen LogP contribution is -2.02. The standard InChI is InChI=1S/C16H16N2O3S2/c1-8-9(2)23-15-12(8)14(17-10(3)18-15)22-7-11-5-6-21-13(11)16(19)20-4/h5-6H,7H2,1-4H3. The number of methoxy groups -OCH3 is 1. The van der Waals surface area contributed by atoms with Gasteiger partial charge >= 0.3 is 5.97 Å². The third-order valence-corrected chi connectivity index (χ3v) is 5.71. The van der Waals surface area contributed by atoms with Gasteiger partial charge in [0.25, 0.3) is 0 Å². The number of thiophene rings is 1. The molecule has 0 spiro atoms. The van der Waals surface area contributed by atoms with Crippen molar-refractivity contribution in [2.24, 2.45) is 0 Å². The molecule has 3 heterocycles. The van der Waals surface area contributed by atoms with Crippen molar-refractivity contribution in [1.82, 2.24) is 9.97 Å². The molecule has 0 fully saturated rings. The van der Waals surface area contributed by atoms with Gasteiger partial charge in [0.2, 0.25) is 5.76 Å². The second-order valence-corrected chi connectivity index (χ2v) is 7.26. The molecule has 3 rings (SSSR count). The Labute approximate surface area is 142 Å². The van der Waals surface area contributed by atoms with Gasteiger partial charge in [-0.25, -0.2) is 14.8 Å². The number of hydrogen-bond donors (Lipinski definition) is 0. The highest BCUT2D eigenvalue weighted by Gasteiger charge is 2.18. The molecule has 0 aromatic carbocycles. The van der Waals surface area contributed by atoms with E-state index in [-0.39, 0.29) is 5.76 Å². The molecule has 0 aliphatic rings. The van der Waals surface area contributed by atoms with Crippen LogP contribution in [0.25, 0.3) is 10.2 Å². The maximum absolute atomic E-state index is 11.7. The predicted molar refractivity (Wildman–Crippen MR) is 91.2 cm³/mol. The van der Waals surface area contributed by atoms with Crippen LogP contribution in [0, 0.1) is 20.8 Å². The minimum Gasteiger partial charge on any atom is -0.463 e. The molecule has 0 unspecified atom stereocenters. The van der Waals surface area contributed by atoms with Crippen molar-refractivity contribution in [2.45, 2.75) is 31.6 Å². The number of hydrogen-bond acceptors (Lipinski definition) is 7. The van der Waals surface area contributed by atoms with Crippen molar-refractivity contribution in [2.75, 3.05) is 7.11 Å². The maximum atomic E-state index is 11.7. The average molecular weight is 348 g/mol. The number of rotatable bonds is 4. The van der Waals surface area contributed by atoms with Crippen LogP contribution in [0.2, 0.25) is 0 Å². The number of nitrogens with zero attached hydrogens (tertiary/aromatic N) is 2. The third kappa shape index (κ3) is 2.98. The van der Waals surface area contributed by atoms with E-state index in [1.54, 1.807) is 29.2 Å². The van der Waals surface area contributed by atoms with Crippen LogP contribution in [0.1, 0.15) is 32.4 Å². The molecular weight excluding hydrogens is 332 g/mol. The van der Waals surface area contributed by atoms with Crippen LogP contribution in [-0.2, 0) is 10.5 Å². The van der Waals surface area contributed by atoms with E-state index in [1.165, 1.54) is 23.8 Å². The van der Waals surface area contributed by atoms with Crippen LogP contribution in [0.3, 0.4) is 0 Å². The summed E-state index contributed by atoms with van der Waals surface area (Å²) in [4.78, 5) is 23.0. The topological polar surface area (TPSA) is 65.2 Å². The Bertz CT molecular complexity index is 883. The number of fused-ring (bicyclic) bond motifs is 1. The van der Waals surface area contributed by atoms with Gasteiger partial charge in [-0.2, -0.15) is 0 Å². The van der Waals surface area contributed by atoms with Gasteiger partial charge in [-0.15, -0.1) is 23.1 Å². The first-order valence-corrected chi connectivity index (χ1v) is 8.83. The molecule has 0 aliphatic carbocycles. The Kier molecular flexibility index (Phi) is 4.41. The molecule has 3 aromatic rings. The van der Waals surface area contributed by atoms with Gasteiger partial charge in [0.1, 0.15) is 15.7 Å². The van der Waals surface area contributed by atoms with Gasteiger partial charge in [0, 0.05) is 21.6 Å². The van der Waals surface area contributed by atoms with E-state index in [0.29, 0.717) is 5.75 Å². The molecule has 0 saturated heterocycles. The smallest absolute Gasteiger partial charge is 0.374 e. The number of esters is 1. The second-order valence-electron chi connectivity index (χ2n) is 5.09. The molecular formula is C16H16N2O3S2. The third-order valence-electron chi connectivity index (χ3n) is 3.59. The van der Waals surface area contributed by atoms with Gasteiger partial charge in [0.15, 0.2) is 0 Å².